The molecule has 0 spiro atoms. The SMILES string of the molecule is CCN(CC(C)(C)O)c1ccc(C(F)(F)F)cc1[N+](=O)[O-]. The van der Waals surface area contributed by atoms with Gasteiger partial charge in [-0.25, -0.2) is 0 Å². The van der Waals surface area contributed by atoms with Crippen LogP contribution < -0.4 is 4.90 Å². The van der Waals surface area contributed by atoms with Crippen molar-refractivity contribution in [2.24, 2.45) is 0 Å². The molecule has 118 valence electrons. The molecule has 0 saturated carbocycles. The zero-order chi connectivity index (χ0) is 16.4. The van der Waals surface area contributed by atoms with Crippen molar-refractivity contribution in [3.63, 3.8) is 0 Å². The van der Waals surface area contributed by atoms with Crippen molar-refractivity contribution >= 4 is 11.4 Å². The van der Waals surface area contributed by atoms with Gasteiger partial charge in [-0.05, 0) is 32.9 Å². The van der Waals surface area contributed by atoms with Crippen molar-refractivity contribution < 1.29 is 23.2 Å². The number of likely N-dealkylation sites (N-methyl/N-ethyl adjacent to an activating group) is 1. The Balaban J connectivity index is 3.31. The second-order valence-electron chi connectivity index (χ2n) is 5.28. The molecule has 0 aromatic heterocycles. The van der Waals surface area contributed by atoms with Crippen LogP contribution in [-0.2, 0) is 6.18 Å². The summed E-state index contributed by atoms with van der Waals surface area (Å²) >= 11 is 0. The van der Waals surface area contributed by atoms with Crippen LogP contribution >= 0.6 is 0 Å². The van der Waals surface area contributed by atoms with Crippen LogP contribution in [0.4, 0.5) is 24.5 Å². The molecule has 0 aliphatic rings. The number of benzene rings is 1. The second-order valence-corrected chi connectivity index (χ2v) is 5.28. The number of hydrogen-bond donors (Lipinski definition) is 1. The van der Waals surface area contributed by atoms with Crippen molar-refractivity contribution in [3.8, 4) is 0 Å². The average molecular weight is 306 g/mol. The molecule has 1 rings (SSSR count). The van der Waals surface area contributed by atoms with Gasteiger partial charge in [0.1, 0.15) is 5.69 Å². The fourth-order valence-electron chi connectivity index (χ4n) is 1.95. The van der Waals surface area contributed by atoms with E-state index >= 15 is 0 Å². The Morgan fingerprint density at radius 3 is 2.29 bits per heavy atom. The van der Waals surface area contributed by atoms with E-state index in [1.165, 1.54) is 18.7 Å². The molecule has 0 amide bonds. The summed E-state index contributed by atoms with van der Waals surface area (Å²) in [7, 11) is 0. The lowest BCUT2D eigenvalue weighted by Crippen LogP contribution is -2.38. The van der Waals surface area contributed by atoms with Gasteiger partial charge >= 0.3 is 6.18 Å². The highest BCUT2D eigenvalue weighted by Gasteiger charge is 2.34. The number of nitro groups is 1. The summed E-state index contributed by atoms with van der Waals surface area (Å²) in [6.07, 6.45) is -4.64. The molecule has 0 radical (unpaired) electrons. The summed E-state index contributed by atoms with van der Waals surface area (Å²) < 4.78 is 37.9. The van der Waals surface area contributed by atoms with Crippen molar-refractivity contribution in [1.29, 1.82) is 0 Å². The predicted molar refractivity (Wildman–Crippen MR) is 72.3 cm³/mol. The molecule has 0 aliphatic carbocycles. The Kier molecular flexibility index (Phi) is 4.83. The second kappa shape index (κ2) is 5.88. The van der Waals surface area contributed by atoms with E-state index in [0.717, 1.165) is 12.1 Å². The first-order chi connectivity index (χ1) is 9.45. The number of aliphatic hydroxyl groups is 1. The number of halogens is 3. The van der Waals surface area contributed by atoms with Crippen molar-refractivity contribution in [1.82, 2.24) is 0 Å². The largest absolute Gasteiger partial charge is 0.416 e. The van der Waals surface area contributed by atoms with Gasteiger partial charge in [0.2, 0.25) is 0 Å². The number of rotatable bonds is 5. The molecule has 0 atom stereocenters. The summed E-state index contributed by atoms with van der Waals surface area (Å²) in [5, 5.41) is 20.8. The predicted octanol–water partition coefficient (Wildman–Crippen LogP) is 3.21. The van der Waals surface area contributed by atoms with Gasteiger partial charge in [0.25, 0.3) is 5.69 Å². The Morgan fingerprint density at radius 1 is 1.33 bits per heavy atom. The van der Waals surface area contributed by atoms with Gasteiger partial charge in [-0.3, -0.25) is 10.1 Å². The number of hydrogen-bond acceptors (Lipinski definition) is 4. The molecule has 5 nitrogen and oxygen atoms in total. The molecule has 0 unspecified atom stereocenters. The first-order valence-electron chi connectivity index (χ1n) is 6.28. The highest BCUT2D eigenvalue weighted by atomic mass is 19.4. The third-order valence-corrected chi connectivity index (χ3v) is 2.80. The minimum Gasteiger partial charge on any atom is -0.389 e. The minimum absolute atomic E-state index is 0.0534. The van der Waals surface area contributed by atoms with Crippen LogP contribution in [-0.4, -0.2) is 28.7 Å². The van der Waals surface area contributed by atoms with E-state index in [-0.39, 0.29) is 12.2 Å². The molecular formula is C13H17F3N2O3. The van der Waals surface area contributed by atoms with Crippen LogP contribution in [0.2, 0.25) is 0 Å². The fraction of sp³-hybridized carbons (Fsp3) is 0.538. The number of nitro benzene ring substituents is 1. The van der Waals surface area contributed by atoms with Crippen LogP contribution in [0.15, 0.2) is 18.2 Å². The maximum atomic E-state index is 12.6. The zero-order valence-corrected chi connectivity index (χ0v) is 11.9. The number of nitrogens with zero attached hydrogens (tertiary/aromatic N) is 2. The van der Waals surface area contributed by atoms with E-state index < -0.39 is 28.0 Å². The molecule has 0 bridgehead atoms. The lowest BCUT2D eigenvalue weighted by Gasteiger charge is -2.29. The normalized spacial score (nSPS) is 12.3. The molecule has 1 aromatic carbocycles. The van der Waals surface area contributed by atoms with Crippen LogP contribution in [0.5, 0.6) is 0 Å². The van der Waals surface area contributed by atoms with Gasteiger partial charge in [-0.15, -0.1) is 0 Å². The van der Waals surface area contributed by atoms with Gasteiger partial charge in [-0.2, -0.15) is 13.2 Å². The Labute approximate surface area is 120 Å². The average Bonchev–Trinajstić information content (AvgIpc) is 2.33. The molecular weight excluding hydrogens is 289 g/mol. The molecule has 0 saturated heterocycles. The molecule has 0 heterocycles. The Morgan fingerprint density at radius 2 is 1.90 bits per heavy atom. The number of alkyl halides is 3. The molecule has 8 heteroatoms. The summed E-state index contributed by atoms with van der Waals surface area (Å²) in [6.45, 7) is 5.12. The quantitative estimate of drug-likeness (QED) is 0.670. The molecule has 1 aromatic rings. The summed E-state index contributed by atoms with van der Waals surface area (Å²) in [5.74, 6) is 0. The summed E-state index contributed by atoms with van der Waals surface area (Å²) in [4.78, 5) is 11.7. The Hall–Kier alpha value is -1.83. The van der Waals surface area contributed by atoms with Crippen LogP contribution in [0.25, 0.3) is 0 Å². The topological polar surface area (TPSA) is 66.6 Å². The highest BCUT2D eigenvalue weighted by molar-refractivity contribution is 5.64. The lowest BCUT2D eigenvalue weighted by atomic mass is 10.1. The van der Waals surface area contributed by atoms with Crippen LogP contribution in [0, 0.1) is 10.1 Å². The molecule has 0 aliphatic heterocycles. The third kappa shape index (κ3) is 4.59. The van der Waals surface area contributed by atoms with E-state index in [9.17, 15) is 28.4 Å². The summed E-state index contributed by atoms with van der Waals surface area (Å²) in [5.41, 5.74) is -2.78. The van der Waals surface area contributed by atoms with Crippen LogP contribution in [0.1, 0.15) is 26.3 Å². The van der Waals surface area contributed by atoms with E-state index in [0.29, 0.717) is 12.6 Å². The zero-order valence-electron chi connectivity index (χ0n) is 11.9. The standard InChI is InChI=1S/C13H17F3N2O3/c1-4-17(8-12(2,3)19)10-6-5-9(13(14,15)16)7-11(10)18(20)21/h5-7,19H,4,8H2,1-3H3. The first kappa shape index (κ1) is 17.2. The highest BCUT2D eigenvalue weighted by Crippen LogP contribution is 2.36. The Bertz CT molecular complexity index is 524. The van der Waals surface area contributed by atoms with Crippen LogP contribution in [0.3, 0.4) is 0 Å². The summed E-state index contributed by atoms with van der Waals surface area (Å²) in [6, 6.07) is 2.38. The number of anilines is 1. The fourth-order valence-corrected chi connectivity index (χ4v) is 1.95. The van der Waals surface area contributed by atoms with E-state index in [2.05, 4.69) is 0 Å². The smallest absolute Gasteiger partial charge is 0.389 e. The lowest BCUT2D eigenvalue weighted by molar-refractivity contribution is -0.384. The van der Waals surface area contributed by atoms with Gasteiger partial charge in [-0.1, -0.05) is 0 Å². The molecule has 0 fully saturated rings. The molecule has 1 N–H and O–H groups in total. The maximum Gasteiger partial charge on any atom is 0.416 e. The van der Waals surface area contributed by atoms with Gasteiger partial charge < -0.3 is 10.0 Å². The van der Waals surface area contributed by atoms with Gasteiger partial charge in [0.05, 0.1) is 16.1 Å². The van der Waals surface area contributed by atoms with Gasteiger partial charge in [0, 0.05) is 19.2 Å². The van der Waals surface area contributed by atoms with E-state index in [4.69, 9.17) is 0 Å². The molecule has 21 heavy (non-hydrogen) atoms. The van der Waals surface area contributed by atoms with Gasteiger partial charge in [0.15, 0.2) is 0 Å². The van der Waals surface area contributed by atoms with E-state index in [1.54, 1.807) is 6.92 Å². The van der Waals surface area contributed by atoms with Crippen molar-refractivity contribution in [2.75, 3.05) is 18.0 Å². The third-order valence-electron chi connectivity index (χ3n) is 2.80. The minimum atomic E-state index is -4.64. The maximum absolute atomic E-state index is 12.6. The van der Waals surface area contributed by atoms with Crippen molar-refractivity contribution in [3.05, 3.63) is 33.9 Å². The van der Waals surface area contributed by atoms with E-state index in [1.807, 2.05) is 0 Å². The van der Waals surface area contributed by atoms with Crippen molar-refractivity contribution in [2.45, 2.75) is 32.5 Å². The monoisotopic (exact) mass is 306 g/mol. The first-order valence-corrected chi connectivity index (χ1v) is 6.28.